The van der Waals surface area contributed by atoms with Gasteiger partial charge in [0, 0.05) is 24.0 Å². The first-order valence-electron chi connectivity index (χ1n) is 7.85. The summed E-state index contributed by atoms with van der Waals surface area (Å²) in [6, 6.07) is 10.3. The molecule has 1 fully saturated rings. The Hall–Kier alpha value is -2.43. The molecule has 3 rings (SSSR count). The summed E-state index contributed by atoms with van der Waals surface area (Å²) in [6.45, 7) is 2.21. The van der Waals surface area contributed by atoms with Gasteiger partial charge < -0.3 is 10.2 Å². The molecule has 5 heteroatoms. The van der Waals surface area contributed by atoms with E-state index >= 15 is 0 Å². The first-order chi connectivity index (χ1) is 11.1. The number of hydrogen-bond donors (Lipinski definition) is 1. The summed E-state index contributed by atoms with van der Waals surface area (Å²) in [5.74, 6) is -0.272. The molecule has 0 unspecified atom stereocenters. The Kier molecular flexibility index (Phi) is 4.55. The van der Waals surface area contributed by atoms with Crippen molar-refractivity contribution in [3.63, 3.8) is 0 Å². The predicted molar refractivity (Wildman–Crippen MR) is 86.1 cm³/mol. The average Bonchev–Trinajstić information content (AvgIpc) is 3.39. The van der Waals surface area contributed by atoms with E-state index in [1.807, 2.05) is 19.1 Å². The molecule has 0 aliphatic heterocycles. The van der Waals surface area contributed by atoms with Crippen LogP contribution in [0.15, 0.2) is 48.8 Å². The minimum absolute atomic E-state index is 0.141. The van der Waals surface area contributed by atoms with E-state index < -0.39 is 0 Å². The van der Waals surface area contributed by atoms with Crippen LogP contribution in [0.5, 0.6) is 0 Å². The third-order valence-electron chi connectivity index (χ3n) is 4.07. The second-order valence-electron chi connectivity index (χ2n) is 5.91. The predicted octanol–water partition coefficient (Wildman–Crippen LogP) is 3.66. The molecule has 4 nitrogen and oxygen atoms in total. The van der Waals surface area contributed by atoms with E-state index in [0.29, 0.717) is 12.1 Å². The van der Waals surface area contributed by atoms with Crippen molar-refractivity contribution in [1.29, 1.82) is 0 Å². The monoisotopic (exact) mass is 313 g/mol. The number of rotatable bonds is 5. The molecule has 1 aliphatic rings. The Morgan fingerprint density at radius 1 is 1.35 bits per heavy atom. The Morgan fingerprint density at radius 3 is 2.78 bits per heavy atom. The number of amides is 2. The van der Waals surface area contributed by atoms with Crippen LogP contribution in [-0.2, 0) is 6.54 Å². The third-order valence-corrected chi connectivity index (χ3v) is 4.07. The van der Waals surface area contributed by atoms with E-state index in [2.05, 4.69) is 10.3 Å². The molecule has 2 aromatic rings. The Labute approximate surface area is 135 Å². The van der Waals surface area contributed by atoms with E-state index in [4.69, 9.17) is 0 Å². The van der Waals surface area contributed by atoms with Crippen LogP contribution in [0.3, 0.4) is 0 Å². The Bertz CT molecular complexity index is 673. The number of carbonyl (C=O) groups is 1. The first-order valence-corrected chi connectivity index (χ1v) is 7.85. The SMILES string of the molecule is C[C@H](NC(=O)N(Cc1ccccc1F)C1CC1)c1cccnc1. The van der Waals surface area contributed by atoms with Gasteiger partial charge in [-0.1, -0.05) is 24.3 Å². The Balaban J connectivity index is 1.69. The fourth-order valence-electron chi connectivity index (χ4n) is 2.55. The number of urea groups is 1. The third kappa shape index (κ3) is 3.86. The van der Waals surface area contributed by atoms with Gasteiger partial charge in [0.05, 0.1) is 12.6 Å². The second-order valence-corrected chi connectivity index (χ2v) is 5.91. The van der Waals surface area contributed by atoms with Gasteiger partial charge in [-0.15, -0.1) is 0 Å². The second kappa shape index (κ2) is 6.77. The van der Waals surface area contributed by atoms with Gasteiger partial charge in [-0.05, 0) is 37.5 Å². The van der Waals surface area contributed by atoms with Gasteiger partial charge >= 0.3 is 6.03 Å². The van der Waals surface area contributed by atoms with Crippen molar-refractivity contribution in [1.82, 2.24) is 15.2 Å². The average molecular weight is 313 g/mol. The molecular formula is C18H20FN3O. The van der Waals surface area contributed by atoms with Gasteiger partial charge in [0.25, 0.3) is 0 Å². The van der Waals surface area contributed by atoms with Crippen molar-refractivity contribution in [3.05, 3.63) is 65.7 Å². The van der Waals surface area contributed by atoms with Crippen molar-refractivity contribution < 1.29 is 9.18 Å². The molecule has 0 saturated heterocycles. The number of carbonyl (C=O) groups excluding carboxylic acids is 1. The number of benzene rings is 1. The molecular weight excluding hydrogens is 293 g/mol. The van der Waals surface area contributed by atoms with E-state index in [0.717, 1.165) is 18.4 Å². The van der Waals surface area contributed by atoms with Crippen LogP contribution >= 0.6 is 0 Å². The molecule has 1 aromatic heterocycles. The number of halogens is 1. The Morgan fingerprint density at radius 2 is 2.13 bits per heavy atom. The number of aromatic nitrogens is 1. The summed E-state index contributed by atoms with van der Waals surface area (Å²) in [4.78, 5) is 18.4. The van der Waals surface area contributed by atoms with Crippen molar-refractivity contribution in [2.75, 3.05) is 0 Å². The van der Waals surface area contributed by atoms with Crippen LogP contribution in [0.25, 0.3) is 0 Å². The summed E-state index contributed by atoms with van der Waals surface area (Å²) < 4.78 is 13.9. The van der Waals surface area contributed by atoms with Gasteiger partial charge in [0.1, 0.15) is 5.82 Å². The summed E-state index contributed by atoms with van der Waals surface area (Å²) in [5, 5.41) is 2.98. The van der Waals surface area contributed by atoms with Crippen molar-refractivity contribution in [3.8, 4) is 0 Å². The quantitative estimate of drug-likeness (QED) is 0.915. The lowest BCUT2D eigenvalue weighted by atomic mass is 10.1. The molecule has 1 aromatic carbocycles. The number of pyridine rings is 1. The fraction of sp³-hybridized carbons (Fsp3) is 0.333. The molecule has 0 radical (unpaired) electrons. The molecule has 2 amide bonds. The lowest BCUT2D eigenvalue weighted by molar-refractivity contribution is 0.188. The van der Waals surface area contributed by atoms with E-state index in [1.165, 1.54) is 6.07 Å². The summed E-state index contributed by atoms with van der Waals surface area (Å²) in [7, 11) is 0. The van der Waals surface area contributed by atoms with Crippen LogP contribution in [0.4, 0.5) is 9.18 Å². The van der Waals surface area contributed by atoms with Crippen molar-refractivity contribution in [2.24, 2.45) is 0 Å². The van der Waals surface area contributed by atoms with Crippen LogP contribution in [0, 0.1) is 5.82 Å². The summed E-state index contributed by atoms with van der Waals surface area (Å²) in [5.41, 5.74) is 1.49. The highest BCUT2D eigenvalue weighted by Crippen LogP contribution is 2.29. The van der Waals surface area contributed by atoms with Gasteiger partial charge in [-0.25, -0.2) is 9.18 Å². The topological polar surface area (TPSA) is 45.2 Å². The number of nitrogens with zero attached hydrogens (tertiary/aromatic N) is 2. The maximum atomic E-state index is 13.9. The molecule has 0 bridgehead atoms. The van der Waals surface area contributed by atoms with Gasteiger partial charge in [0.15, 0.2) is 0 Å². The maximum Gasteiger partial charge on any atom is 0.318 e. The minimum atomic E-state index is -0.272. The lowest BCUT2D eigenvalue weighted by Gasteiger charge is -2.25. The van der Waals surface area contributed by atoms with Crippen LogP contribution < -0.4 is 5.32 Å². The van der Waals surface area contributed by atoms with Crippen molar-refractivity contribution in [2.45, 2.75) is 38.4 Å². The molecule has 1 heterocycles. The largest absolute Gasteiger partial charge is 0.331 e. The number of hydrogen-bond acceptors (Lipinski definition) is 2. The van der Waals surface area contributed by atoms with Crippen LogP contribution in [0.2, 0.25) is 0 Å². The molecule has 1 N–H and O–H groups in total. The fourth-order valence-corrected chi connectivity index (χ4v) is 2.55. The van der Waals surface area contributed by atoms with E-state index in [1.54, 1.807) is 35.5 Å². The van der Waals surface area contributed by atoms with Gasteiger partial charge in [-0.3, -0.25) is 4.98 Å². The lowest BCUT2D eigenvalue weighted by Crippen LogP contribution is -2.42. The summed E-state index contributed by atoms with van der Waals surface area (Å²) in [6.07, 6.45) is 5.39. The van der Waals surface area contributed by atoms with Crippen LogP contribution in [-0.4, -0.2) is 22.0 Å². The van der Waals surface area contributed by atoms with Gasteiger partial charge in [-0.2, -0.15) is 0 Å². The molecule has 0 spiro atoms. The van der Waals surface area contributed by atoms with E-state index in [-0.39, 0.29) is 23.9 Å². The van der Waals surface area contributed by atoms with Crippen molar-refractivity contribution >= 4 is 6.03 Å². The standard InChI is InChI=1S/C18H20FN3O/c1-13(14-6-4-10-20-11-14)21-18(23)22(16-8-9-16)12-15-5-2-3-7-17(15)19/h2-7,10-11,13,16H,8-9,12H2,1H3,(H,21,23)/t13-/m0/s1. The zero-order valence-electron chi connectivity index (χ0n) is 13.1. The van der Waals surface area contributed by atoms with E-state index in [9.17, 15) is 9.18 Å². The highest BCUT2D eigenvalue weighted by atomic mass is 19.1. The van der Waals surface area contributed by atoms with Gasteiger partial charge in [0.2, 0.25) is 0 Å². The molecule has 1 aliphatic carbocycles. The smallest absolute Gasteiger partial charge is 0.318 e. The zero-order valence-corrected chi connectivity index (χ0v) is 13.1. The summed E-state index contributed by atoms with van der Waals surface area (Å²) >= 11 is 0. The molecule has 120 valence electrons. The highest BCUT2D eigenvalue weighted by Gasteiger charge is 2.33. The molecule has 23 heavy (non-hydrogen) atoms. The van der Waals surface area contributed by atoms with Crippen LogP contribution in [0.1, 0.15) is 36.9 Å². The maximum absolute atomic E-state index is 13.9. The first kappa shape index (κ1) is 15.5. The molecule has 1 atom stereocenters. The minimum Gasteiger partial charge on any atom is -0.331 e. The normalized spacial score (nSPS) is 15.0. The number of nitrogens with one attached hydrogen (secondary N) is 1. The molecule has 1 saturated carbocycles. The highest BCUT2D eigenvalue weighted by molar-refractivity contribution is 5.75. The zero-order chi connectivity index (χ0) is 16.2.